The third-order valence-corrected chi connectivity index (χ3v) is 5.03. The highest BCUT2D eigenvalue weighted by atomic mass is 19.4. The Bertz CT molecular complexity index is 941. The molecule has 0 fully saturated rings. The fourth-order valence-corrected chi connectivity index (χ4v) is 3.59. The molecule has 2 aromatic rings. The van der Waals surface area contributed by atoms with Crippen LogP contribution in [0.2, 0.25) is 0 Å². The molecule has 1 heterocycles. The summed E-state index contributed by atoms with van der Waals surface area (Å²) in [4.78, 5) is 16.2. The molecular weight excluding hydrogens is 431 g/mol. The van der Waals surface area contributed by atoms with E-state index in [-0.39, 0.29) is 18.3 Å². The Balaban J connectivity index is 2.25. The van der Waals surface area contributed by atoms with Crippen LogP contribution < -0.4 is 15.8 Å². The Kier molecular flexibility index (Phi) is 8.89. The Morgan fingerprint density at radius 2 is 1.76 bits per heavy atom. The maximum Gasteiger partial charge on any atom is 0.419 e. The van der Waals surface area contributed by atoms with Gasteiger partial charge in [-0.15, -0.1) is 0 Å². The van der Waals surface area contributed by atoms with Gasteiger partial charge >= 0.3 is 6.18 Å². The van der Waals surface area contributed by atoms with E-state index in [1.54, 1.807) is 25.1 Å². The van der Waals surface area contributed by atoms with Gasteiger partial charge in [-0.05, 0) is 67.0 Å². The van der Waals surface area contributed by atoms with Crippen molar-refractivity contribution in [2.75, 3.05) is 11.9 Å². The van der Waals surface area contributed by atoms with Crippen LogP contribution in [0.4, 0.5) is 19.0 Å². The van der Waals surface area contributed by atoms with Crippen molar-refractivity contribution < 1.29 is 22.7 Å². The zero-order valence-corrected chi connectivity index (χ0v) is 19.9. The van der Waals surface area contributed by atoms with Crippen molar-refractivity contribution in [1.29, 1.82) is 0 Å². The van der Waals surface area contributed by atoms with E-state index >= 15 is 0 Å². The van der Waals surface area contributed by atoms with E-state index in [4.69, 9.17) is 10.5 Å². The lowest BCUT2D eigenvalue weighted by Crippen LogP contribution is -2.43. The quantitative estimate of drug-likeness (QED) is 0.433. The SMILES string of the molecule is CC(C)CCC(=O)Nc1cc(-c2ccc(OCC(C)(N)CC(C)C)c(C(F)(F)F)c2)ccn1. The van der Waals surface area contributed by atoms with Gasteiger partial charge in [0.25, 0.3) is 0 Å². The van der Waals surface area contributed by atoms with Crippen LogP contribution in [0.15, 0.2) is 36.5 Å². The summed E-state index contributed by atoms with van der Waals surface area (Å²) in [5.41, 5.74) is 5.41. The van der Waals surface area contributed by atoms with Gasteiger partial charge in [-0.3, -0.25) is 4.79 Å². The number of aromatic nitrogens is 1. The van der Waals surface area contributed by atoms with Crippen LogP contribution in [0.25, 0.3) is 11.1 Å². The van der Waals surface area contributed by atoms with Gasteiger partial charge < -0.3 is 15.8 Å². The van der Waals surface area contributed by atoms with Crippen molar-refractivity contribution in [1.82, 2.24) is 4.98 Å². The lowest BCUT2D eigenvalue weighted by Gasteiger charge is -2.27. The number of pyridine rings is 1. The minimum Gasteiger partial charge on any atom is -0.491 e. The number of hydrogen-bond donors (Lipinski definition) is 2. The molecule has 0 radical (unpaired) electrons. The van der Waals surface area contributed by atoms with E-state index in [9.17, 15) is 18.0 Å². The lowest BCUT2D eigenvalue weighted by molar-refractivity contribution is -0.139. The highest BCUT2D eigenvalue weighted by Gasteiger charge is 2.35. The minimum absolute atomic E-state index is 0.0323. The summed E-state index contributed by atoms with van der Waals surface area (Å²) < 4.78 is 46.9. The molecule has 1 atom stereocenters. The zero-order chi connectivity index (χ0) is 24.8. The summed E-state index contributed by atoms with van der Waals surface area (Å²) in [5.74, 6) is 0.531. The average molecular weight is 466 g/mol. The number of nitrogens with two attached hydrogens (primary N) is 1. The van der Waals surface area contributed by atoms with E-state index in [2.05, 4.69) is 10.3 Å². The molecule has 0 aliphatic rings. The topological polar surface area (TPSA) is 77.2 Å². The molecule has 0 aliphatic heterocycles. The first-order valence-electron chi connectivity index (χ1n) is 11.2. The van der Waals surface area contributed by atoms with Gasteiger partial charge in [-0.1, -0.05) is 33.8 Å². The molecule has 33 heavy (non-hydrogen) atoms. The third kappa shape index (κ3) is 8.68. The Labute approximate surface area is 193 Å². The van der Waals surface area contributed by atoms with Gasteiger partial charge in [0.1, 0.15) is 18.2 Å². The molecule has 5 nitrogen and oxygen atoms in total. The van der Waals surface area contributed by atoms with Crippen molar-refractivity contribution in [3.63, 3.8) is 0 Å². The normalized spacial score (nSPS) is 13.8. The smallest absolute Gasteiger partial charge is 0.419 e. The number of benzene rings is 1. The molecule has 1 aromatic carbocycles. The lowest BCUT2D eigenvalue weighted by atomic mass is 9.93. The van der Waals surface area contributed by atoms with Crippen LogP contribution in [0.5, 0.6) is 5.75 Å². The van der Waals surface area contributed by atoms with E-state index < -0.39 is 17.3 Å². The molecule has 0 saturated heterocycles. The van der Waals surface area contributed by atoms with Gasteiger partial charge in [0.05, 0.1) is 5.56 Å². The summed E-state index contributed by atoms with van der Waals surface area (Å²) in [5, 5.41) is 2.71. The molecule has 1 aromatic heterocycles. The molecule has 0 spiro atoms. The number of carbonyl (C=O) groups excluding carboxylic acids is 1. The number of rotatable bonds is 10. The summed E-state index contributed by atoms with van der Waals surface area (Å²) in [6, 6.07) is 7.07. The standard InChI is InChI=1S/C25H34F3N3O2/c1-16(2)6-9-23(32)31-22-13-19(10-11-30-22)18-7-8-21(20(12-18)25(26,27)28)33-15-24(5,29)14-17(3)4/h7-8,10-13,16-17H,6,9,14-15,29H2,1-5H3,(H,30,31,32). The molecule has 1 unspecified atom stereocenters. The fraction of sp³-hybridized carbons (Fsp3) is 0.520. The first kappa shape index (κ1) is 26.6. The number of anilines is 1. The zero-order valence-electron chi connectivity index (χ0n) is 19.9. The highest BCUT2D eigenvalue weighted by Crippen LogP contribution is 2.39. The molecule has 0 bridgehead atoms. The van der Waals surface area contributed by atoms with Crippen LogP contribution in [0.3, 0.4) is 0 Å². The minimum atomic E-state index is -4.60. The van der Waals surface area contributed by atoms with Crippen molar-refractivity contribution >= 4 is 11.7 Å². The predicted octanol–water partition coefficient (Wildman–Crippen LogP) is 6.28. The Morgan fingerprint density at radius 1 is 1.09 bits per heavy atom. The largest absolute Gasteiger partial charge is 0.491 e. The molecule has 1 amide bonds. The maximum atomic E-state index is 13.8. The number of alkyl halides is 3. The Morgan fingerprint density at radius 3 is 2.36 bits per heavy atom. The molecule has 0 aliphatic carbocycles. The van der Waals surface area contributed by atoms with Gasteiger partial charge in [0.15, 0.2) is 0 Å². The van der Waals surface area contributed by atoms with Gasteiger partial charge in [0.2, 0.25) is 5.91 Å². The van der Waals surface area contributed by atoms with E-state index in [1.165, 1.54) is 12.3 Å². The third-order valence-electron chi connectivity index (χ3n) is 5.03. The second-order valence-electron chi connectivity index (χ2n) is 9.66. The molecule has 182 valence electrons. The van der Waals surface area contributed by atoms with Crippen molar-refractivity contribution in [3.8, 4) is 16.9 Å². The fourth-order valence-electron chi connectivity index (χ4n) is 3.59. The van der Waals surface area contributed by atoms with E-state index in [0.29, 0.717) is 41.6 Å². The van der Waals surface area contributed by atoms with Gasteiger partial charge in [-0.2, -0.15) is 13.2 Å². The molecule has 3 N–H and O–H groups in total. The van der Waals surface area contributed by atoms with Crippen molar-refractivity contribution in [2.24, 2.45) is 17.6 Å². The maximum absolute atomic E-state index is 13.8. The van der Waals surface area contributed by atoms with Crippen molar-refractivity contribution in [3.05, 3.63) is 42.1 Å². The summed E-state index contributed by atoms with van der Waals surface area (Å²) in [6.45, 7) is 9.78. The average Bonchev–Trinajstić information content (AvgIpc) is 2.69. The summed E-state index contributed by atoms with van der Waals surface area (Å²) in [6.07, 6.45) is -1.44. The number of halogens is 3. The molecule has 8 heteroatoms. The van der Waals surface area contributed by atoms with E-state index in [1.807, 2.05) is 27.7 Å². The van der Waals surface area contributed by atoms with Crippen LogP contribution in [-0.2, 0) is 11.0 Å². The van der Waals surface area contributed by atoms with Crippen LogP contribution >= 0.6 is 0 Å². The second-order valence-corrected chi connectivity index (χ2v) is 9.66. The monoisotopic (exact) mass is 465 g/mol. The molecular formula is C25H34F3N3O2. The summed E-state index contributed by atoms with van der Waals surface area (Å²) in [7, 11) is 0. The van der Waals surface area contributed by atoms with Gasteiger partial charge in [-0.25, -0.2) is 4.98 Å². The second kappa shape index (κ2) is 11.0. The predicted molar refractivity (Wildman–Crippen MR) is 125 cm³/mol. The number of nitrogens with one attached hydrogen (secondary N) is 1. The number of ether oxygens (including phenoxy) is 1. The first-order chi connectivity index (χ1) is 15.3. The summed E-state index contributed by atoms with van der Waals surface area (Å²) >= 11 is 0. The van der Waals surface area contributed by atoms with Crippen LogP contribution in [-0.4, -0.2) is 23.0 Å². The number of carbonyl (C=O) groups is 1. The molecule has 0 saturated carbocycles. The first-order valence-corrected chi connectivity index (χ1v) is 11.2. The van der Waals surface area contributed by atoms with Crippen molar-refractivity contribution in [2.45, 2.75) is 65.6 Å². The van der Waals surface area contributed by atoms with Crippen LogP contribution in [0.1, 0.15) is 59.4 Å². The number of nitrogens with zero attached hydrogens (tertiary/aromatic N) is 1. The number of amides is 1. The van der Waals surface area contributed by atoms with Gasteiger partial charge in [0, 0.05) is 18.2 Å². The Hall–Kier alpha value is -2.61. The highest BCUT2D eigenvalue weighted by molar-refractivity contribution is 5.90. The van der Waals surface area contributed by atoms with E-state index in [0.717, 1.165) is 12.5 Å². The van der Waals surface area contributed by atoms with Crippen LogP contribution in [0, 0.1) is 11.8 Å². The number of hydrogen-bond acceptors (Lipinski definition) is 4. The molecule has 2 rings (SSSR count).